The Bertz CT molecular complexity index is 529. The summed E-state index contributed by atoms with van der Waals surface area (Å²) in [5, 5.41) is 9.69. The van der Waals surface area contributed by atoms with E-state index in [2.05, 4.69) is 9.88 Å². The van der Waals surface area contributed by atoms with Crippen molar-refractivity contribution in [3.63, 3.8) is 0 Å². The lowest BCUT2D eigenvalue weighted by atomic mass is 9.96. The van der Waals surface area contributed by atoms with E-state index in [1.807, 2.05) is 6.07 Å². The van der Waals surface area contributed by atoms with Gasteiger partial charge in [-0.15, -0.1) is 0 Å². The molecule has 0 unspecified atom stereocenters. The lowest BCUT2D eigenvalue weighted by Crippen LogP contribution is -2.43. The van der Waals surface area contributed by atoms with Crippen LogP contribution in [0, 0.1) is 5.92 Å². The quantitative estimate of drug-likeness (QED) is 0.852. The fraction of sp³-hybridized carbons (Fsp3) is 0.500. The van der Waals surface area contributed by atoms with Gasteiger partial charge in [0.2, 0.25) is 5.91 Å². The highest BCUT2D eigenvalue weighted by Gasteiger charge is 2.24. The van der Waals surface area contributed by atoms with Gasteiger partial charge in [0.05, 0.1) is 5.02 Å². The molecule has 7 nitrogen and oxygen atoms in total. The highest BCUT2D eigenvalue weighted by molar-refractivity contribution is 6.30. The Morgan fingerprint density at radius 1 is 1.41 bits per heavy atom. The summed E-state index contributed by atoms with van der Waals surface area (Å²) in [6.07, 6.45) is 2.18. The van der Waals surface area contributed by atoms with Gasteiger partial charge in [0.15, 0.2) is 0 Å². The topological polar surface area (TPSA) is 99.8 Å². The third-order valence-corrected chi connectivity index (χ3v) is 3.97. The SMILES string of the molecule is NC(=O)CN(CC1CCN(c2ccc(Cl)cn2)CC1)C(=O)O. The van der Waals surface area contributed by atoms with Crippen LogP contribution in [0.15, 0.2) is 18.3 Å². The smallest absolute Gasteiger partial charge is 0.407 e. The standard InChI is InChI=1S/C14H19ClN4O3/c15-11-1-2-13(17-7-11)18-5-3-10(4-6-18)8-19(14(21)22)9-12(16)20/h1-2,7,10H,3-6,8-9H2,(H2,16,20)(H,21,22). The van der Waals surface area contributed by atoms with Crippen LogP contribution in [0.2, 0.25) is 5.02 Å². The lowest BCUT2D eigenvalue weighted by molar-refractivity contribution is -0.119. The number of halogens is 1. The van der Waals surface area contributed by atoms with Gasteiger partial charge < -0.3 is 15.7 Å². The van der Waals surface area contributed by atoms with Crippen LogP contribution >= 0.6 is 11.6 Å². The molecule has 2 heterocycles. The van der Waals surface area contributed by atoms with E-state index in [0.717, 1.165) is 36.6 Å². The minimum Gasteiger partial charge on any atom is -0.465 e. The molecule has 3 N–H and O–H groups in total. The molecule has 0 aliphatic carbocycles. The van der Waals surface area contributed by atoms with Gasteiger partial charge >= 0.3 is 6.09 Å². The number of carbonyl (C=O) groups is 2. The molecule has 8 heteroatoms. The van der Waals surface area contributed by atoms with E-state index in [9.17, 15) is 9.59 Å². The van der Waals surface area contributed by atoms with Gasteiger partial charge in [-0.3, -0.25) is 9.69 Å². The normalized spacial score (nSPS) is 15.6. The van der Waals surface area contributed by atoms with Gasteiger partial charge in [-0.05, 0) is 30.9 Å². The van der Waals surface area contributed by atoms with Crippen molar-refractivity contribution in [2.45, 2.75) is 12.8 Å². The van der Waals surface area contributed by atoms with Gasteiger partial charge in [0.25, 0.3) is 0 Å². The number of nitrogens with two attached hydrogens (primary N) is 1. The maximum absolute atomic E-state index is 11.1. The van der Waals surface area contributed by atoms with Crippen LogP contribution in [0.25, 0.3) is 0 Å². The average Bonchev–Trinajstić information content (AvgIpc) is 2.48. The Labute approximate surface area is 133 Å². The van der Waals surface area contributed by atoms with E-state index in [1.165, 1.54) is 0 Å². The summed E-state index contributed by atoms with van der Waals surface area (Å²) < 4.78 is 0. The maximum Gasteiger partial charge on any atom is 0.407 e. The minimum atomic E-state index is -1.11. The Morgan fingerprint density at radius 2 is 2.09 bits per heavy atom. The molecule has 0 saturated carbocycles. The monoisotopic (exact) mass is 326 g/mol. The number of primary amides is 1. The molecule has 1 fully saturated rings. The second kappa shape index (κ2) is 7.31. The van der Waals surface area contributed by atoms with Crippen LogP contribution in [0.1, 0.15) is 12.8 Å². The van der Waals surface area contributed by atoms with Gasteiger partial charge in [-0.2, -0.15) is 0 Å². The zero-order valence-electron chi connectivity index (χ0n) is 12.1. The average molecular weight is 327 g/mol. The minimum absolute atomic E-state index is 0.221. The van der Waals surface area contributed by atoms with Crippen molar-refractivity contribution in [1.82, 2.24) is 9.88 Å². The molecule has 1 aliphatic rings. The summed E-state index contributed by atoms with van der Waals surface area (Å²) in [7, 11) is 0. The molecule has 1 aromatic rings. The number of rotatable bonds is 5. The van der Waals surface area contributed by atoms with Crippen molar-refractivity contribution in [1.29, 1.82) is 0 Å². The third-order valence-electron chi connectivity index (χ3n) is 3.75. The first-order chi connectivity index (χ1) is 10.5. The number of nitrogens with zero attached hydrogens (tertiary/aromatic N) is 3. The first kappa shape index (κ1) is 16.4. The van der Waals surface area contributed by atoms with Crippen molar-refractivity contribution in [3.8, 4) is 0 Å². The molecule has 0 bridgehead atoms. The van der Waals surface area contributed by atoms with Crippen LogP contribution in [-0.2, 0) is 4.79 Å². The first-order valence-corrected chi connectivity index (χ1v) is 7.46. The first-order valence-electron chi connectivity index (χ1n) is 7.08. The summed E-state index contributed by atoms with van der Waals surface area (Å²) in [6, 6.07) is 3.67. The maximum atomic E-state index is 11.1. The molecule has 1 aliphatic heterocycles. The van der Waals surface area contributed by atoms with Crippen molar-refractivity contribution in [2.24, 2.45) is 11.7 Å². The number of carbonyl (C=O) groups excluding carboxylic acids is 1. The van der Waals surface area contributed by atoms with E-state index >= 15 is 0 Å². The number of hydrogen-bond donors (Lipinski definition) is 2. The second-order valence-corrected chi connectivity index (χ2v) is 5.83. The number of pyridine rings is 1. The van der Waals surface area contributed by atoms with Gasteiger partial charge in [-0.1, -0.05) is 11.6 Å². The van der Waals surface area contributed by atoms with Crippen LogP contribution in [0.4, 0.5) is 10.6 Å². The Hall–Kier alpha value is -2.02. The fourth-order valence-corrected chi connectivity index (χ4v) is 2.72. The van der Waals surface area contributed by atoms with Crippen molar-refractivity contribution in [3.05, 3.63) is 23.4 Å². The van der Waals surface area contributed by atoms with E-state index < -0.39 is 12.0 Å². The van der Waals surface area contributed by atoms with Gasteiger partial charge in [0.1, 0.15) is 12.4 Å². The Kier molecular flexibility index (Phi) is 5.43. The van der Waals surface area contributed by atoms with Gasteiger partial charge in [0, 0.05) is 25.8 Å². The van der Waals surface area contributed by atoms with Crippen molar-refractivity contribution >= 4 is 29.4 Å². The molecule has 0 atom stereocenters. The summed E-state index contributed by atoms with van der Waals surface area (Å²) in [6.45, 7) is 1.67. The highest BCUT2D eigenvalue weighted by atomic mass is 35.5. The van der Waals surface area contributed by atoms with Crippen LogP contribution in [-0.4, -0.2) is 53.2 Å². The number of hydrogen-bond acceptors (Lipinski definition) is 4. The largest absolute Gasteiger partial charge is 0.465 e. The summed E-state index contributed by atoms with van der Waals surface area (Å²) in [5.41, 5.74) is 5.08. The molecule has 0 radical (unpaired) electrons. The zero-order valence-corrected chi connectivity index (χ0v) is 12.9. The van der Waals surface area contributed by atoms with E-state index in [1.54, 1.807) is 12.3 Å². The molecule has 2 rings (SSSR count). The van der Waals surface area contributed by atoms with Crippen molar-refractivity contribution < 1.29 is 14.7 Å². The number of carboxylic acid groups (broad SMARTS) is 1. The molecular weight excluding hydrogens is 308 g/mol. The predicted molar refractivity (Wildman–Crippen MR) is 83.0 cm³/mol. The van der Waals surface area contributed by atoms with E-state index in [0.29, 0.717) is 11.6 Å². The summed E-state index contributed by atoms with van der Waals surface area (Å²) in [5.74, 6) is 0.458. The molecule has 2 amide bonds. The highest BCUT2D eigenvalue weighted by Crippen LogP contribution is 2.23. The Morgan fingerprint density at radius 3 is 2.59 bits per heavy atom. The number of amides is 2. The zero-order chi connectivity index (χ0) is 16.1. The second-order valence-electron chi connectivity index (χ2n) is 5.39. The number of piperidine rings is 1. The molecule has 22 heavy (non-hydrogen) atoms. The molecule has 0 spiro atoms. The van der Waals surface area contributed by atoms with Crippen LogP contribution in [0.3, 0.4) is 0 Å². The van der Waals surface area contributed by atoms with Crippen molar-refractivity contribution in [2.75, 3.05) is 31.1 Å². The third kappa shape index (κ3) is 4.49. The van der Waals surface area contributed by atoms with Crippen LogP contribution < -0.4 is 10.6 Å². The summed E-state index contributed by atoms with van der Waals surface area (Å²) >= 11 is 5.82. The Balaban J connectivity index is 1.87. The molecule has 1 aromatic heterocycles. The summed E-state index contributed by atoms with van der Waals surface area (Å²) in [4.78, 5) is 29.5. The van der Waals surface area contributed by atoms with Crippen LogP contribution in [0.5, 0.6) is 0 Å². The molecule has 0 aromatic carbocycles. The lowest BCUT2D eigenvalue weighted by Gasteiger charge is -2.34. The number of aromatic nitrogens is 1. The van der Waals surface area contributed by atoms with E-state index in [-0.39, 0.29) is 12.5 Å². The van der Waals surface area contributed by atoms with E-state index in [4.69, 9.17) is 22.4 Å². The van der Waals surface area contributed by atoms with Gasteiger partial charge in [-0.25, -0.2) is 9.78 Å². The fourth-order valence-electron chi connectivity index (χ4n) is 2.61. The predicted octanol–water partition coefficient (Wildman–Crippen LogP) is 1.42. The molecular formula is C14H19ClN4O3. The molecule has 120 valence electrons. The molecule has 1 saturated heterocycles. The number of anilines is 1.